The Hall–Kier alpha value is -2.71. The zero-order chi connectivity index (χ0) is 20.9. The molecule has 7 nitrogen and oxygen atoms in total. The maximum atomic E-state index is 13.2. The summed E-state index contributed by atoms with van der Waals surface area (Å²) in [4.78, 5) is 9.43. The molecule has 0 spiro atoms. The zero-order valence-electron chi connectivity index (χ0n) is 17.0. The summed E-state index contributed by atoms with van der Waals surface area (Å²) in [7, 11) is -1.95. The molecule has 1 saturated carbocycles. The van der Waals surface area contributed by atoms with Gasteiger partial charge in [-0.05, 0) is 50.8 Å². The van der Waals surface area contributed by atoms with Crippen LogP contribution in [-0.4, -0.2) is 40.1 Å². The second-order valence-electron chi connectivity index (χ2n) is 7.85. The Labute approximate surface area is 175 Å². The molecule has 30 heavy (non-hydrogen) atoms. The minimum Gasteiger partial charge on any atom is -0.381 e. The maximum absolute atomic E-state index is 13.2. The summed E-state index contributed by atoms with van der Waals surface area (Å²) in [6.07, 6.45) is 7.63. The number of pyridine rings is 1. The number of ether oxygens (including phenoxy) is 1. The Balaban J connectivity index is 1.67. The third kappa shape index (κ3) is 2.94. The molecule has 156 valence electrons. The molecule has 0 aliphatic heterocycles. The van der Waals surface area contributed by atoms with E-state index in [1.54, 1.807) is 49.8 Å². The van der Waals surface area contributed by atoms with Crippen molar-refractivity contribution in [1.82, 2.24) is 18.5 Å². The van der Waals surface area contributed by atoms with Gasteiger partial charge in [-0.3, -0.25) is 0 Å². The molecule has 0 saturated heterocycles. The molecule has 4 aromatic rings. The number of hydrogen-bond donors (Lipinski definition) is 0. The van der Waals surface area contributed by atoms with Gasteiger partial charge in [-0.25, -0.2) is 22.4 Å². The Morgan fingerprint density at radius 1 is 1.07 bits per heavy atom. The van der Waals surface area contributed by atoms with Gasteiger partial charge in [-0.2, -0.15) is 0 Å². The van der Waals surface area contributed by atoms with Crippen LogP contribution >= 0.6 is 0 Å². The van der Waals surface area contributed by atoms with Gasteiger partial charge in [0.15, 0.2) is 5.65 Å². The number of fused-ring (bicyclic) bond motifs is 3. The molecular formula is C22H24N4O3S. The van der Waals surface area contributed by atoms with Gasteiger partial charge in [-0.1, -0.05) is 18.2 Å². The molecule has 3 heterocycles. The van der Waals surface area contributed by atoms with Crippen molar-refractivity contribution in [3.05, 3.63) is 54.6 Å². The van der Waals surface area contributed by atoms with Crippen LogP contribution in [0.4, 0.5) is 0 Å². The number of methoxy groups -OCH3 is 1. The third-order valence-electron chi connectivity index (χ3n) is 6.15. The van der Waals surface area contributed by atoms with Crippen LogP contribution in [0.1, 0.15) is 37.5 Å². The molecule has 0 N–H and O–H groups in total. The van der Waals surface area contributed by atoms with E-state index in [0.717, 1.165) is 47.9 Å². The average molecular weight is 425 g/mol. The first-order valence-corrected chi connectivity index (χ1v) is 11.6. The summed E-state index contributed by atoms with van der Waals surface area (Å²) in [5.74, 6) is 0.929. The fraction of sp³-hybridized carbons (Fsp3) is 0.364. The van der Waals surface area contributed by atoms with Crippen molar-refractivity contribution < 1.29 is 13.2 Å². The molecule has 0 unspecified atom stereocenters. The monoisotopic (exact) mass is 424 g/mol. The van der Waals surface area contributed by atoms with E-state index in [1.165, 1.54) is 3.97 Å². The lowest BCUT2D eigenvalue weighted by Crippen LogP contribution is -2.23. The summed E-state index contributed by atoms with van der Waals surface area (Å²) in [5.41, 5.74) is 2.18. The van der Waals surface area contributed by atoms with E-state index < -0.39 is 10.0 Å². The maximum Gasteiger partial charge on any atom is 0.269 e. The largest absolute Gasteiger partial charge is 0.381 e. The Bertz CT molecular complexity index is 1320. The summed E-state index contributed by atoms with van der Waals surface area (Å²) < 4.78 is 35.4. The van der Waals surface area contributed by atoms with E-state index in [9.17, 15) is 8.42 Å². The minimum absolute atomic E-state index is 0.243. The quantitative estimate of drug-likeness (QED) is 0.494. The molecular weight excluding hydrogens is 400 g/mol. The number of benzene rings is 1. The molecule has 0 bridgehead atoms. The van der Waals surface area contributed by atoms with Crippen molar-refractivity contribution in [2.24, 2.45) is 0 Å². The molecule has 1 aliphatic rings. The van der Waals surface area contributed by atoms with Crippen molar-refractivity contribution in [3.63, 3.8) is 0 Å². The van der Waals surface area contributed by atoms with Crippen LogP contribution in [0.3, 0.4) is 0 Å². The van der Waals surface area contributed by atoms with Gasteiger partial charge in [0.05, 0.1) is 22.7 Å². The number of rotatable bonds is 4. The Morgan fingerprint density at radius 3 is 2.50 bits per heavy atom. The van der Waals surface area contributed by atoms with Crippen LogP contribution in [0.5, 0.6) is 0 Å². The third-order valence-corrected chi connectivity index (χ3v) is 7.83. The highest BCUT2D eigenvalue weighted by molar-refractivity contribution is 7.90. The number of imidazole rings is 1. The first-order chi connectivity index (χ1) is 14.5. The molecule has 1 aliphatic carbocycles. The van der Waals surface area contributed by atoms with Gasteiger partial charge in [0, 0.05) is 24.7 Å². The Morgan fingerprint density at radius 2 is 1.80 bits per heavy atom. The van der Waals surface area contributed by atoms with Crippen LogP contribution in [-0.2, 0) is 14.8 Å². The van der Waals surface area contributed by atoms with E-state index in [2.05, 4.69) is 9.55 Å². The van der Waals surface area contributed by atoms with E-state index >= 15 is 0 Å². The van der Waals surface area contributed by atoms with Gasteiger partial charge < -0.3 is 9.30 Å². The van der Waals surface area contributed by atoms with Gasteiger partial charge in [0.2, 0.25) is 0 Å². The number of hydrogen-bond acceptors (Lipinski definition) is 5. The highest BCUT2D eigenvalue weighted by atomic mass is 32.2. The lowest BCUT2D eigenvalue weighted by Gasteiger charge is -2.29. The molecule has 8 heteroatoms. The van der Waals surface area contributed by atoms with Crippen LogP contribution in [0.2, 0.25) is 0 Å². The number of aromatic nitrogens is 4. The summed E-state index contributed by atoms with van der Waals surface area (Å²) in [6, 6.07) is 10.6. The van der Waals surface area contributed by atoms with E-state index in [0.29, 0.717) is 17.8 Å². The van der Waals surface area contributed by atoms with Gasteiger partial charge >= 0.3 is 0 Å². The molecule has 0 amide bonds. The molecule has 5 rings (SSSR count). The number of nitrogens with zero attached hydrogens (tertiary/aromatic N) is 4. The van der Waals surface area contributed by atoms with Crippen molar-refractivity contribution in [2.75, 3.05) is 7.11 Å². The predicted molar refractivity (Wildman–Crippen MR) is 115 cm³/mol. The van der Waals surface area contributed by atoms with Gasteiger partial charge in [-0.15, -0.1) is 0 Å². The number of aryl methyl sites for hydroxylation is 1. The van der Waals surface area contributed by atoms with Crippen LogP contribution in [0, 0.1) is 6.92 Å². The van der Waals surface area contributed by atoms with Crippen molar-refractivity contribution in [1.29, 1.82) is 0 Å². The van der Waals surface area contributed by atoms with Crippen LogP contribution in [0.25, 0.3) is 22.1 Å². The normalized spacial score (nSPS) is 20.2. The zero-order valence-corrected chi connectivity index (χ0v) is 17.8. The highest BCUT2D eigenvalue weighted by Gasteiger charge is 2.27. The predicted octanol–water partition coefficient (Wildman–Crippen LogP) is 4.06. The fourth-order valence-electron chi connectivity index (χ4n) is 4.65. The lowest BCUT2D eigenvalue weighted by molar-refractivity contribution is 0.0587. The van der Waals surface area contributed by atoms with E-state index in [-0.39, 0.29) is 4.90 Å². The summed E-state index contributed by atoms with van der Waals surface area (Å²) >= 11 is 0. The fourth-order valence-corrected chi connectivity index (χ4v) is 5.97. The van der Waals surface area contributed by atoms with Crippen LogP contribution < -0.4 is 0 Å². The SMILES string of the molecule is COC1CCC(n2c(C)nc3cnc4c(ccn4S(=O)(=O)c4ccccc4)c32)CC1. The smallest absolute Gasteiger partial charge is 0.269 e. The van der Waals surface area contributed by atoms with Crippen molar-refractivity contribution >= 4 is 32.1 Å². The van der Waals surface area contributed by atoms with E-state index in [1.807, 2.05) is 13.0 Å². The highest BCUT2D eigenvalue weighted by Crippen LogP contribution is 2.36. The second kappa shape index (κ2) is 7.21. The second-order valence-corrected chi connectivity index (χ2v) is 9.67. The van der Waals surface area contributed by atoms with E-state index in [4.69, 9.17) is 9.72 Å². The molecule has 1 fully saturated rings. The van der Waals surface area contributed by atoms with Crippen molar-refractivity contribution in [2.45, 2.75) is 49.6 Å². The van der Waals surface area contributed by atoms with Gasteiger partial charge in [0.25, 0.3) is 10.0 Å². The Kier molecular flexibility index (Phi) is 4.63. The first kappa shape index (κ1) is 19.3. The first-order valence-electron chi connectivity index (χ1n) is 10.2. The minimum atomic E-state index is -3.72. The molecule has 0 radical (unpaired) electrons. The van der Waals surface area contributed by atoms with Crippen molar-refractivity contribution in [3.8, 4) is 0 Å². The average Bonchev–Trinajstić information content (AvgIpc) is 3.35. The lowest BCUT2D eigenvalue weighted by atomic mass is 9.92. The summed E-state index contributed by atoms with van der Waals surface area (Å²) in [6.45, 7) is 2.01. The standard InChI is InChI=1S/C22H24N4O3S/c1-15-24-20-14-23-22-19(21(20)26(15)16-8-10-17(29-2)11-9-16)12-13-25(22)30(27,28)18-6-4-3-5-7-18/h3-7,12-14,16-17H,8-11H2,1-2H3. The molecule has 1 aromatic carbocycles. The van der Waals surface area contributed by atoms with Crippen LogP contribution in [0.15, 0.2) is 53.7 Å². The van der Waals surface area contributed by atoms with Gasteiger partial charge in [0.1, 0.15) is 11.3 Å². The molecule has 0 atom stereocenters. The molecule has 3 aromatic heterocycles. The summed E-state index contributed by atoms with van der Waals surface area (Å²) in [5, 5.41) is 0.807. The topological polar surface area (TPSA) is 79.0 Å².